The summed E-state index contributed by atoms with van der Waals surface area (Å²) >= 11 is 0. The van der Waals surface area contributed by atoms with E-state index in [1.54, 1.807) is 29.2 Å². The Kier molecular flexibility index (Phi) is 6.29. The average Bonchev–Trinajstić information content (AvgIpc) is 3.21. The molecule has 1 aliphatic heterocycles. The largest absolute Gasteiger partial charge is 0.457 e. The molecule has 160 valence electrons. The minimum Gasteiger partial charge on any atom is -0.457 e. The van der Waals surface area contributed by atoms with Crippen LogP contribution in [0.5, 0.6) is 0 Å². The lowest BCUT2D eigenvalue weighted by molar-refractivity contribution is -0.119. The predicted molar refractivity (Wildman–Crippen MR) is 113 cm³/mol. The van der Waals surface area contributed by atoms with Crippen molar-refractivity contribution in [3.05, 3.63) is 58.9 Å². The van der Waals surface area contributed by atoms with E-state index in [-0.39, 0.29) is 30.8 Å². The summed E-state index contributed by atoms with van der Waals surface area (Å²) < 4.78 is 7.80. The van der Waals surface area contributed by atoms with Crippen LogP contribution < -0.4 is 5.73 Å². The van der Waals surface area contributed by atoms with Crippen LogP contribution in [0.25, 0.3) is 0 Å². The minimum atomic E-state index is -0.581. The van der Waals surface area contributed by atoms with E-state index in [1.165, 1.54) is 0 Å². The highest BCUT2D eigenvalue weighted by Gasteiger charge is 2.39. The Bertz CT molecular complexity index is 949. The molecule has 1 fully saturated rings. The van der Waals surface area contributed by atoms with Crippen LogP contribution in [0.3, 0.4) is 0 Å². The number of carbonyl (C=O) groups excluding carboxylic acids is 3. The zero-order chi connectivity index (χ0) is 22.0. The van der Waals surface area contributed by atoms with Gasteiger partial charge in [-0.25, -0.2) is 4.79 Å². The van der Waals surface area contributed by atoms with Crippen LogP contribution in [0.2, 0.25) is 0 Å². The summed E-state index contributed by atoms with van der Waals surface area (Å²) in [6.07, 6.45) is -0.524. The number of aromatic nitrogens is 1. The Balaban J connectivity index is 1.80. The van der Waals surface area contributed by atoms with Gasteiger partial charge in [0, 0.05) is 36.3 Å². The normalized spacial score (nSPS) is 18.6. The fourth-order valence-corrected chi connectivity index (χ4v) is 4.33. The number of rotatable bonds is 6. The van der Waals surface area contributed by atoms with Crippen molar-refractivity contribution in [2.45, 2.75) is 46.3 Å². The molecule has 1 aromatic carbocycles. The summed E-state index contributed by atoms with van der Waals surface area (Å²) in [5.41, 5.74) is 8.39. The first-order chi connectivity index (χ1) is 14.2. The van der Waals surface area contributed by atoms with E-state index in [0.717, 1.165) is 11.4 Å². The topological polar surface area (TPSA) is 94.6 Å². The first-order valence-corrected chi connectivity index (χ1v) is 10.2. The molecule has 1 aromatic heterocycles. The summed E-state index contributed by atoms with van der Waals surface area (Å²) in [4.78, 5) is 39.0. The van der Waals surface area contributed by atoms with Gasteiger partial charge in [-0.05, 0) is 45.9 Å². The van der Waals surface area contributed by atoms with Crippen LogP contribution in [0.4, 0.5) is 0 Å². The monoisotopic (exact) mass is 411 g/mol. The molecule has 2 aromatic rings. The Hall–Kier alpha value is -3.09. The van der Waals surface area contributed by atoms with Crippen molar-refractivity contribution >= 4 is 17.8 Å². The van der Waals surface area contributed by atoms with Crippen molar-refractivity contribution in [2.75, 3.05) is 13.1 Å². The van der Waals surface area contributed by atoms with E-state index >= 15 is 0 Å². The maximum absolute atomic E-state index is 13.2. The summed E-state index contributed by atoms with van der Waals surface area (Å²) in [5, 5.41) is 0. The molecule has 0 bridgehead atoms. The summed E-state index contributed by atoms with van der Waals surface area (Å²) in [6.45, 7) is 8.62. The highest BCUT2D eigenvalue weighted by atomic mass is 16.5. The number of benzene rings is 1. The fourth-order valence-electron chi connectivity index (χ4n) is 4.33. The van der Waals surface area contributed by atoms with Crippen LogP contribution >= 0.6 is 0 Å². The van der Waals surface area contributed by atoms with Gasteiger partial charge < -0.3 is 19.9 Å². The van der Waals surface area contributed by atoms with Gasteiger partial charge in [0.2, 0.25) is 5.91 Å². The van der Waals surface area contributed by atoms with Gasteiger partial charge in [-0.1, -0.05) is 18.2 Å². The molecular formula is C23H29N3O4. The molecule has 2 atom stereocenters. The van der Waals surface area contributed by atoms with Crippen molar-refractivity contribution in [3.63, 3.8) is 0 Å². The lowest BCUT2D eigenvalue weighted by atomic mass is 10.0. The molecule has 0 radical (unpaired) electrons. The average molecular weight is 412 g/mol. The van der Waals surface area contributed by atoms with E-state index < -0.39 is 18.0 Å². The van der Waals surface area contributed by atoms with Crippen LogP contribution in [-0.4, -0.2) is 46.4 Å². The molecule has 0 aliphatic carbocycles. The lowest BCUT2D eigenvalue weighted by Crippen LogP contribution is -2.31. The molecular weight excluding hydrogens is 382 g/mol. The Labute approximate surface area is 176 Å². The molecule has 7 nitrogen and oxygen atoms in total. The van der Waals surface area contributed by atoms with E-state index in [9.17, 15) is 14.4 Å². The Morgan fingerprint density at radius 1 is 1.13 bits per heavy atom. The number of likely N-dealkylation sites (tertiary alicyclic amines) is 1. The van der Waals surface area contributed by atoms with Crippen LogP contribution in [0.15, 0.2) is 36.4 Å². The number of esters is 1. The molecule has 3 rings (SSSR count). The first kappa shape index (κ1) is 21.6. The molecule has 0 unspecified atom stereocenters. The number of hydrogen-bond donors (Lipinski definition) is 1. The van der Waals surface area contributed by atoms with Gasteiger partial charge in [0.25, 0.3) is 5.91 Å². The van der Waals surface area contributed by atoms with Crippen molar-refractivity contribution in [2.24, 2.45) is 11.7 Å². The second-order valence-electron chi connectivity index (χ2n) is 8.20. The third-order valence-corrected chi connectivity index (χ3v) is 5.63. The quantitative estimate of drug-likeness (QED) is 0.740. The number of ether oxygens (including phenoxy) is 1. The van der Waals surface area contributed by atoms with Gasteiger partial charge in [-0.15, -0.1) is 0 Å². The summed E-state index contributed by atoms with van der Waals surface area (Å²) in [7, 11) is 0. The van der Waals surface area contributed by atoms with E-state index in [1.807, 2.05) is 26.0 Å². The first-order valence-electron chi connectivity index (χ1n) is 10.2. The van der Waals surface area contributed by atoms with Crippen molar-refractivity contribution in [3.8, 4) is 0 Å². The SMILES string of the molecule is Cc1cc(C(=O)N2C[C@H](CC(N)=O)[C@H](OC(=O)c3ccccc3)C2)c(C)n1C(C)C. The van der Waals surface area contributed by atoms with Crippen LogP contribution in [-0.2, 0) is 9.53 Å². The number of amides is 2. The van der Waals surface area contributed by atoms with Gasteiger partial charge >= 0.3 is 5.97 Å². The maximum Gasteiger partial charge on any atom is 0.338 e. The molecule has 2 heterocycles. The van der Waals surface area contributed by atoms with Crippen molar-refractivity contribution in [1.29, 1.82) is 0 Å². The smallest absolute Gasteiger partial charge is 0.338 e. The molecule has 1 saturated heterocycles. The molecule has 2 amide bonds. The Morgan fingerprint density at radius 3 is 2.37 bits per heavy atom. The second-order valence-corrected chi connectivity index (χ2v) is 8.20. The lowest BCUT2D eigenvalue weighted by Gasteiger charge is -2.18. The van der Waals surface area contributed by atoms with Crippen molar-refractivity contribution < 1.29 is 19.1 Å². The highest BCUT2D eigenvalue weighted by molar-refractivity contribution is 5.96. The molecule has 0 spiro atoms. The zero-order valence-electron chi connectivity index (χ0n) is 17.9. The highest BCUT2D eigenvalue weighted by Crippen LogP contribution is 2.28. The standard InChI is InChI=1S/C23H29N3O4/c1-14(2)26-15(3)10-19(16(26)4)22(28)25-12-18(11-21(24)27)20(13-25)30-23(29)17-8-6-5-7-9-17/h5-10,14,18,20H,11-13H2,1-4H3,(H2,24,27)/t18-,20+/m0/s1. The third-order valence-electron chi connectivity index (χ3n) is 5.63. The van der Waals surface area contributed by atoms with E-state index in [0.29, 0.717) is 17.7 Å². The van der Waals surface area contributed by atoms with Gasteiger partial charge in [-0.3, -0.25) is 9.59 Å². The van der Waals surface area contributed by atoms with Crippen molar-refractivity contribution in [1.82, 2.24) is 9.47 Å². The number of nitrogens with zero attached hydrogens (tertiary/aromatic N) is 2. The number of aryl methyl sites for hydroxylation is 1. The third kappa shape index (κ3) is 4.40. The number of carbonyl (C=O) groups is 3. The number of nitrogens with two attached hydrogens (primary N) is 1. The van der Waals surface area contributed by atoms with Gasteiger partial charge in [0.1, 0.15) is 6.10 Å². The van der Waals surface area contributed by atoms with Gasteiger partial charge in [0.15, 0.2) is 0 Å². The molecule has 2 N–H and O–H groups in total. The Morgan fingerprint density at radius 2 is 1.80 bits per heavy atom. The van der Waals surface area contributed by atoms with Crippen LogP contribution in [0, 0.1) is 19.8 Å². The fraction of sp³-hybridized carbons (Fsp3) is 0.435. The molecule has 1 aliphatic rings. The zero-order valence-corrected chi connectivity index (χ0v) is 17.9. The number of hydrogen-bond acceptors (Lipinski definition) is 4. The molecule has 30 heavy (non-hydrogen) atoms. The maximum atomic E-state index is 13.2. The van der Waals surface area contributed by atoms with E-state index in [4.69, 9.17) is 10.5 Å². The molecule has 0 saturated carbocycles. The predicted octanol–water partition coefficient (Wildman–Crippen LogP) is 2.86. The van der Waals surface area contributed by atoms with Gasteiger partial charge in [-0.2, -0.15) is 0 Å². The summed E-state index contributed by atoms with van der Waals surface area (Å²) in [5.74, 6) is -1.40. The molecule has 7 heteroatoms. The minimum absolute atomic E-state index is 0.0571. The number of primary amides is 1. The van der Waals surface area contributed by atoms with Crippen LogP contribution in [0.1, 0.15) is 58.4 Å². The summed E-state index contributed by atoms with van der Waals surface area (Å²) in [6, 6.07) is 10.8. The second kappa shape index (κ2) is 8.73. The van der Waals surface area contributed by atoms with Gasteiger partial charge in [0.05, 0.1) is 17.7 Å². The van der Waals surface area contributed by atoms with E-state index in [2.05, 4.69) is 18.4 Å².